The molecule has 3 nitrogen and oxygen atoms in total. The second-order valence-corrected chi connectivity index (χ2v) is 1.49. The van der Waals surface area contributed by atoms with Crippen LogP contribution in [-0.2, 0) is 32.5 Å². The van der Waals surface area contributed by atoms with Crippen molar-refractivity contribution < 1.29 is 37.6 Å². The molecule has 0 saturated heterocycles. The first kappa shape index (κ1) is 11.5. The van der Waals surface area contributed by atoms with E-state index in [1.54, 1.807) is 0 Å². The van der Waals surface area contributed by atoms with Gasteiger partial charge in [-0.1, -0.05) is 0 Å². The molecule has 0 aromatic rings. The van der Waals surface area contributed by atoms with E-state index in [-0.39, 0.29) is 33.4 Å². The molecule has 0 aliphatic carbocycles. The molecule has 0 fully saturated rings. The fraction of sp³-hybridized carbons (Fsp3) is 0.667. The van der Waals surface area contributed by atoms with Gasteiger partial charge in [-0.25, -0.2) is 0 Å². The van der Waals surface area contributed by atoms with Gasteiger partial charge in [0.25, 0.3) is 0 Å². The van der Waals surface area contributed by atoms with Crippen LogP contribution >= 0.6 is 12.6 Å². The summed E-state index contributed by atoms with van der Waals surface area (Å²) in [6.07, 6.45) is 0. The van der Waals surface area contributed by atoms with Gasteiger partial charge in [-0.3, -0.25) is 4.79 Å². The zero-order valence-corrected chi connectivity index (χ0v) is 10.8. The van der Waals surface area contributed by atoms with Gasteiger partial charge in [0.2, 0.25) is 0 Å². The summed E-state index contributed by atoms with van der Waals surface area (Å²) in [6.45, 7) is 0. The van der Waals surface area contributed by atoms with Gasteiger partial charge in [-0.05, 0) is 0 Å². The maximum atomic E-state index is 9.76. The van der Waals surface area contributed by atoms with Crippen LogP contribution in [0.5, 0.6) is 0 Å². The topological polar surface area (TPSA) is 63.3 Å². The number of carbonyl (C=O) groups is 1. The monoisotopic (exact) mass is 323 g/mol. The van der Waals surface area contributed by atoms with Crippen molar-refractivity contribution in [3.8, 4) is 0 Å². The number of rotatable bonds is 2. The van der Waals surface area contributed by atoms with Crippen molar-refractivity contribution in [2.24, 2.45) is 5.73 Å². The summed E-state index contributed by atoms with van der Waals surface area (Å²) in [5.41, 5.74) is 4.94. The van der Waals surface area contributed by atoms with Crippen molar-refractivity contribution in [3.63, 3.8) is 0 Å². The molecular weight excluding hydrogens is 315 g/mol. The minimum atomic E-state index is -1.00. The molecule has 0 heterocycles. The number of nitrogens with two attached hydrogens (primary N) is 1. The number of hydrogen-bond acceptors (Lipinski definition) is 3. The van der Waals surface area contributed by atoms with Gasteiger partial charge in [0.15, 0.2) is 0 Å². The Kier molecular flexibility index (Phi) is 8.40. The van der Waals surface area contributed by atoms with Gasteiger partial charge < -0.3 is 10.8 Å². The standard InChI is InChI=1S/C3H7NO2S.Hg/c4-2(1-7)3(5)6;/h2,7H,1,4H2,(H,5,6);/t2-;/m0./s1. The van der Waals surface area contributed by atoms with Gasteiger partial charge in [-0.15, -0.1) is 0 Å². The van der Waals surface area contributed by atoms with Crippen LogP contribution < -0.4 is 5.73 Å². The molecule has 0 radical (unpaired) electrons. The van der Waals surface area contributed by atoms with Crippen LogP contribution in [0.4, 0.5) is 0 Å². The van der Waals surface area contributed by atoms with E-state index >= 15 is 0 Å². The summed E-state index contributed by atoms with van der Waals surface area (Å²) in [4.78, 5) is 9.76. The summed E-state index contributed by atoms with van der Waals surface area (Å²) in [7, 11) is 0. The van der Waals surface area contributed by atoms with Crippen molar-refractivity contribution >= 4 is 18.6 Å². The molecule has 0 aromatic heterocycles. The van der Waals surface area contributed by atoms with Crippen LogP contribution in [0.15, 0.2) is 0 Å². The third-order valence-corrected chi connectivity index (χ3v) is 0.907. The molecule has 8 heavy (non-hydrogen) atoms. The van der Waals surface area contributed by atoms with E-state index in [1.807, 2.05) is 0 Å². The number of carboxylic acid groups (broad SMARTS) is 1. The van der Waals surface area contributed by atoms with E-state index in [0.29, 0.717) is 0 Å². The minimum absolute atomic E-state index is 0. The molecule has 0 aliphatic heterocycles. The summed E-state index contributed by atoms with van der Waals surface area (Å²) in [5.74, 6) is -0.815. The minimum Gasteiger partial charge on any atom is -0.480 e. The van der Waals surface area contributed by atoms with E-state index in [2.05, 4.69) is 12.6 Å². The Balaban J connectivity index is 0. The fourth-order valence-electron chi connectivity index (χ4n) is 0.0781. The molecule has 1 atom stereocenters. The van der Waals surface area contributed by atoms with Crippen LogP contribution in [-0.4, -0.2) is 22.9 Å². The summed E-state index contributed by atoms with van der Waals surface area (Å²) in [5, 5.41) is 8.01. The second kappa shape index (κ2) is 5.84. The maximum absolute atomic E-state index is 9.76. The maximum Gasteiger partial charge on any atom is 0.321 e. The number of aliphatic carboxylic acids is 1. The largest absolute Gasteiger partial charge is 0.480 e. The summed E-state index contributed by atoms with van der Waals surface area (Å²) >= 11 is 3.65. The smallest absolute Gasteiger partial charge is 0.321 e. The normalized spacial score (nSPS) is 11.8. The average Bonchev–Trinajstić information content (AvgIpc) is 1.65. The number of thiol groups is 1. The van der Waals surface area contributed by atoms with E-state index < -0.39 is 12.0 Å². The molecule has 0 aromatic carbocycles. The van der Waals surface area contributed by atoms with Crippen LogP contribution in [0.3, 0.4) is 0 Å². The van der Waals surface area contributed by atoms with Crippen LogP contribution in [0.25, 0.3) is 0 Å². The molecule has 44 valence electrons. The van der Waals surface area contributed by atoms with Crippen molar-refractivity contribution in [1.82, 2.24) is 0 Å². The molecular formula is C3H7HgNO2S. The van der Waals surface area contributed by atoms with Crippen molar-refractivity contribution in [2.45, 2.75) is 6.04 Å². The Labute approximate surface area is 73.6 Å². The Hall–Kier alpha value is 0.715. The predicted molar refractivity (Wildman–Crippen MR) is 29.5 cm³/mol. The quantitative estimate of drug-likeness (QED) is 0.467. The molecule has 0 amide bonds. The predicted octanol–water partition coefficient (Wildman–Crippen LogP) is -0.674. The van der Waals surface area contributed by atoms with Gasteiger partial charge in [-0.2, -0.15) is 12.6 Å². The second-order valence-electron chi connectivity index (χ2n) is 1.13. The number of carboxylic acids is 1. The zero-order valence-electron chi connectivity index (χ0n) is 4.37. The SMILES string of the molecule is N[C@@H](CS)C(=O)O.[Hg]. The van der Waals surface area contributed by atoms with Gasteiger partial charge >= 0.3 is 5.97 Å². The fourth-order valence-corrected chi connectivity index (χ4v) is 0.234. The molecule has 3 N–H and O–H groups in total. The Morgan fingerprint density at radius 3 is 2.25 bits per heavy atom. The summed E-state index contributed by atoms with van der Waals surface area (Å²) < 4.78 is 0. The molecule has 0 spiro atoms. The first-order valence-electron chi connectivity index (χ1n) is 1.77. The third-order valence-electron chi connectivity index (χ3n) is 0.514. The van der Waals surface area contributed by atoms with Crippen LogP contribution in [0, 0.1) is 0 Å². The first-order valence-corrected chi connectivity index (χ1v) is 2.41. The molecule has 0 bridgehead atoms. The average molecular weight is 322 g/mol. The first-order chi connectivity index (χ1) is 3.18. The Morgan fingerprint density at radius 1 is 1.88 bits per heavy atom. The molecule has 0 rings (SSSR count). The van der Waals surface area contributed by atoms with Gasteiger partial charge in [0.05, 0.1) is 0 Å². The van der Waals surface area contributed by atoms with Gasteiger partial charge in [0.1, 0.15) is 6.04 Å². The van der Waals surface area contributed by atoms with E-state index in [0.717, 1.165) is 0 Å². The Bertz CT molecular complexity index is 79.7. The van der Waals surface area contributed by atoms with E-state index in [4.69, 9.17) is 10.8 Å². The van der Waals surface area contributed by atoms with Crippen molar-refractivity contribution in [3.05, 3.63) is 0 Å². The zero-order chi connectivity index (χ0) is 5.86. The van der Waals surface area contributed by atoms with Crippen LogP contribution in [0.2, 0.25) is 0 Å². The molecule has 5 heteroatoms. The molecule has 0 saturated carbocycles. The molecule has 0 unspecified atom stereocenters. The third kappa shape index (κ3) is 4.86. The van der Waals surface area contributed by atoms with Crippen molar-refractivity contribution in [1.29, 1.82) is 0 Å². The Morgan fingerprint density at radius 2 is 2.25 bits per heavy atom. The van der Waals surface area contributed by atoms with Gasteiger partial charge in [0, 0.05) is 33.4 Å². The van der Waals surface area contributed by atoms with E-state index in [1.165, 1.54) is 0 Å². The van der Waals surface area contributed by atoms with E-state index in [9.17, 15) is 4.79 Å². The van der Waals surface area contributed by atoms with Crippen molar-refractivity contribution in [2.75, 3.05) is 5.75 Å². The molecule has 0 aliphatic rings. The van der Waals surface area contributed by atoms with Crippen LogP contribution in [0.1, 0.15) is 0 Å². The number of hydrogen-bond donors (Lipinski definition) is 3. The summed E-state index contributed by atoms with van der Waals surface area (Å²) in [6, 6.07) is -0.816.